The Kier molecular flexibility index (Phi) is 10.1. The van der Waals surface area contributed by atoms with Gasteiger partial charge in [-0.15, -0.1) is 4.91 Å². The number of amides is 3. The smallest absolute Gasteiger partial charge is 0.256 e. The molecule has 6 rings (SSSR count). The highest BCUT2D eigenvalue weighted by atomic mass is 32.2. The molecule has 2 aliphatic heterocycles. The number of aryl methyl sites for hydroxylation is 1. The van der Waals surface area contributed by atoms with Crippen molar-refractivity contribution in [3.8, 4) is 17.4 Å². The lowest BCUT2D eigenvalue weighted by atomic mass is 10.1. The minimum Gasteiger partial charge on any atom is -0.496 e. The maximum absolute atomic E-state index is 14.2. The number of nitrogens with zero attached hydrogens (tertiary/aromatic N) is 3. The first-order chi connectivity index (χ1) is 23.5. The molecule has 0 spiro atoms. The van der Waals surface area contributed by atoms with Gasteiger partial charge >= 0.3 is 0 Å². The molecule has 49 heavy (non-hydrogen) atoms. The molecule has 3 amide bonds. The Hall–Kier alpha value is -3.87. The van der Waals surface area contributed by atoms with Crippen LogP contribution in [0.15, 0.2) is 35.5 Å². The molecule has 12 nitrogen and oxygen atoms in total. The first-order valence-corrected chi connectivity index (χ1v) is 18.2. The van der Waals surface area contributed by atoms with Crippen molar-refractivity contribution in [1.29, 1.82) is 0 Å². The third kappa shape index (κ3) is 7.51. The van der Waals surface area contributed by atoms with Crippen LogP contribution in [0.5, 0.6) is 17.4 Å². The Morgan fingerprint density at radius 1 is 1.18 bits per heavy atom. The van der Waals surface area contributed by atoms with Gasteiger partial charge in [-0.2, -0.15) is 0 Å². The molecule has 264 valence electrons. The Balaban J connectivity index is 1.30. The van der Waals surface area contributed by atoms with Crippen molar-refractivity contribution in [3.63, 3.8) is 0 Å². The van der Waals surface area contributed by atoms with Gasteiger partial charge in [0.05, 0.1) is 25.3 Å². The van der Waals surface area contributed by atoms with Gasteiger partial charge < -0.3 is 24.4 Å². The van der Waals surface area contributed by atoms with Gasteiger partial charge in [-0.1, -0.05) is 30.2 Å². The number of aromatic nitrogens is 1. The molecule has 0 bridgehead atoms. The Labute approximate surface area is 291 Å². The number of allylic oxidation sites excluding steroid dienone is 1. The number of carbonyl (C=O) groups excluding carboxylic acids is 3. The van der Waals surface area contributed by atoms with Crippen molar-refractivity contribution in [3.05, 3.63) is 40.8 Å². The topological polar surface area (TPSA) is 149 Å². The van der Waals surface area contributed by atoms with Crippen molar-refractivity contribution in [1.82, 2.24) is 19.9 Å². The summed E-state index contributed by atoms with van der Waals surface area (Å²) in [5.41, 5.74) is 0.360. The number of benzene rings is 1. The van der Waals surface area contributed by atoms with Gasteiger partial charge in [-0.3, -0.25) is 19.1 Å². The number of hydrogen-bond donors (Lipinski definition) is 2. The molecular formula is C36H47N5O7S. The molecule has 3 heterocycles. The molecule has 2 saturated carbocycles. The van der Waals surface area contributed by atoms with Crippen LogP contribution >= 0.6 is 11.9 Å². The molecule has 13 heteroatoms. The monoisotopic (exact) mass is 693 g/mol. The van der Waals surface area contributed by atoms with Gasteiger partial charge in [0.2, 0.25) is 11.8 Å². The summed E-state index contributed by atoms with van der Waals surface area (Å²) in [6.07, 6.45) is 9.56. The van der Waals surface area contributed by atoms with E-state index in [0.717, 1.165) is 43.1 Å². The Bertz CT molecular complexity index is 1650. The number of nitrogens with one attached hydrogen (secondary N) is 2. The number of fused-ring (bicyclic) bond motifs is 3. The molecule has 3 fully saturated rings. The van der Waals surface area contributed by atoms with E-state index >= 15 is 0 Å². The van der Waals surface area contributed by atoms with E-state index < -0.39 is 35.5 Å². The fraction of sp³-hybridized carbons (Fsp3) is 0.611. The third-order valence-electron chi connectivity index (χ3n) is 10.1. The molecule has 1 aromatic heterocycles. The average Bonchev–Trinajstić information content (AvgIpc) is 3.93. The van der Waals surface area contributed by atoms with Crippen LogP contribution in [0, 0.1) is 17.7 Å². The Morgan fingerprint density at radius 2 is 1.98 bits per heavy atom. The number of nitroso groups, excluding NO2 is 1. The highest BCUT2D eigenvalue weighted by Gasteiger charge is 2.61. The van der Waals surface area contributed by atoms with Crippen LogP contribution in [0.4, 0.5) is 0 Å². The number of rotatable bonds is 9. The molecule has 4 aliphatic rings. The van der Waals surface area contributed by atoms with Crippen LogP contribution in [-0.2, 0) is 14.4 Å². The molecule has 2 aliphatic carbocycles. The van der Waals surface area contributed by atoms with Gasteiger partial charge in [-0.25, -0.2) is 4.98 Å². The van der Waals surface area contributed by atoms with Crippen molar-refractivity contribution in [2.45, 2.75) is 120 Å². The van der Waals surface area contributed by atoms with E-state index in [9.17, 15) is 19.3 Å². The second-order valence-electron chi connectivity index (χ2n) is 14.3. The van der Waals surface area contributed by atoms with Gasteiger partial charge in [0.1, 0.15) is 29.2 Å². The summed E-state index contributed by atoms with van der Waals surface area (Å²) in [4.78, 5) is 60.0. The molecule has 5 atom stereocenters. The predicted octanol–water partition coefficient (Wildman–Crippen LogP) is 5.53. The fourth-order valence-electron chi connectivity index (χ4n) is 6.81. The standard InChI is InChI=1S/C36H47N5O7S/c1-21(2)47-30-18-29(25-13-14-28(46-5)22(3)31(25)37-30)48-24-17-27-32(42)38-36(34(44)40-49-35(4)15-16-35)19-23(36)11-9-7-6-8-10-12-26(39-45)33(43)41(27)20-24/h9,11,13-14,18,21,23-24,26-27H,6-8,10,12,15-17,19-20H2,1-5H3,(H,38,42)(H,40,44)/b11-9-/t23-,24-,26+,27+,36-/m1/s1. The van der Waals surface area contributed by atoms with E-state index in [4.69, 9.17) is 19.2 Å². The molecule has 0 unspecified atom stereocenters. The average molecular weight is 694 g/mol. The lowest BCUT2D eigenvalue weighted by Gasteiger charge is -2.27. The summed E-state index contributed by atoms with van der Waals surface area (Å²) in [5.74, 6) is 0.202. The molecule has 2 N–H and O–H groups in total. The number of carbonyl (C=O) groups is 3. The fourth-order valence-corrected chi connectivity index (χ4v) is 7.63. The summed E-state index contributed by atoms with van der Waals surface area (Å²) in [6, 6.07) is 3.36. The zero-order valence-electron chi connectivity index (χ0n) is 29.0. The second-order valence-corrected chi connectivity index (χ2v) is 15.7. The normalized spacial score (nSPS) is 28.7. The predicted molar refractivity (Wildman–Crippen MR) is 187 cm³/mol. The highest BCUT2D eigenvalue weighted by Crippen LogP contribution is 2.49. The van der Waals surface area contributed by atoms with Crippen LogP contribution in [0.3, 0.4) is 0 Å². The van der Waals surface area contributed by atoms with Crippen molar-refractivity contribution in [2.75, 3.05) is 13.7 Å². The van der Waals surface area contributed by atoms with Crippen LogP contribution < -0.4 is 24.2 Å². The maximum atomic E-state index is 14.2. The van der Waals surface area contributed by atoms with E-state index in [1.54, 1.807) is 13.2 Å². The van der Waals surface area contributed by atoms with E-state index in [-0.39, 0.29) is 35.6 Å². The van der Waals surface area contributed by atoms with Crippen molar-refractivity contribution >= 4 is 40.6 Å². The maximum Gasteiger partial charge on any atom is 0.256 e. The third-order valence-corrected chi connectivity index (χ3v) is 11.3. The lowest BCUT2D eigenvalue weighted by Crippen LogP contribution is -2.55. The van der Waals surface area contributed by atoms with E-state index in [2.05, 4.69) is 28.2 Å². The summed E-state index contributed by atoms with van der Waals surface area (Å²) < 4.78 is 21.1. The van der Waals surface area contributed by atoms with Gasteiger partial charge in [0.25, 0.3) is 11.8 Å². The van der Waals surface area contributed by atoms with E-state index in [1.807, 2.05) is 39.0 Å². The first kappa shape index (κ1) is 35.0. The lowest BCUT2D eigenvalue weighted by molar-refractivity contribution is -0.140. The largest absolute Gasteiger partial charge is 0.496 e. The molecule has 1 aromatic carbocycles. The number of hydrogen-bond acceptors (Lipinski definition) is 10. The van der Waals surface area contributed by atoms with Gasteiger partial charge in [0.15, 0.2) is 6.04 Å². The summed E-state index contributed by atoms with van der Waals surface area (Å²) >= 11 is 1.41. The Morgan fingerprint density at radius 3 is 2.69 bits per heavy atom. The number of pyridine rings is 1. The second kappa shape index (κ2) is 14.2. The molecule has 2 aromatic rings. The minimum atomic E-state index is -1.11. The van der Waals surface area contributed by atoms with Gasteiger partial charge in [0, 0.05) is 34.1 Å². The summed E-state index contributed by atoms with van der Waals surface area (Å²) in [7, 11) is 1.60. The molecule has 0 radical (unpaired) electrons. The zero-order valence-corrected chi connectivity index (χ0v) is 29.8. The van der Waals surface area contributed by atoms with Crippen LogP contribution in [0.2, 0.25) is 0 Å². The minimum absolute atomic E-state index is 0.0211. The quantitative estimate of drug-likeness (QED) is 0.196. The molecule has 1 saturated heterocycles. The molecular weight excluding hydrogens is 646 g/mol. The number of ether oxygens (including phenoxy) is 3. The van der Waals surface area contributed by atoms with Gasteiger partial charge in [-0.05, 0) is 90.3 Å². The summed E-state index contributed by atoms with van der Waals surface area (Å²) in [5, 5.41) is 7.00. The van der Waals surface area contributed by atoms with Crippen molar-refractivity contribution in [2.24, 2.45) is 11.1 Å². The van der Waals surface area contributed by atoms with Crippen LogP contribution in [-0.4, -0.2) is 75.8 Å². The SMILES string of the molecule is COc1ccc2c(O[C@@H]3C[C@H]4C(=O)N[C@]5(C(=O)NSC6(C)CC6)C[C@H]5/C=C\CCCCC[C@H](N=O)C(=O)N4C3)cc(OC(C)C)nc2c1C. The zero-order chi connectivity index (χ0) is 34.9. The highest BCUT2D eigenvalue weighted by molar-refractivity contribution is 7.99. The van der Waals surface area contributed by atoms with Crippen LogP contribution in [0.25, 0.3) is 10.9 Å². The van der Waals surface area contributed by atoms with Crippen LogP contribution in [0.1, 0.15) is 84.1 Å². The first-order valence-electron chi connectivity index (χ1n) is 17.4. The van der Waals surface area contributed by atoms with Crippen molar-refractivity contribution < 1.29 is 28.6 Å². The van der Waals surface area contributed by atoms with E-state index in [0.29, 0.717) is 42.2 Å². The number of methoxy groups -OCH3 is 1. The summed E-state index contributed by atoms with van der Waals surface area (Å²) in [6.45, 7) is 7.91. The van der Waals surface area contributed by atoms with E-state index in [1.165, 1.54) is 16.8 Å².